The molecule has 140 valence electrons. The Labute approximate surface area is 160 Å². The minimum Gasteiger partial charge on any atom is -0.317 e. The summed E-state index contributed by atoms with van der Waals surface area (Å²) < 4.78 is 37.1. The van der Waals surface area contributed by atoms with Crippen molar-refractivity contribution in [3.05, 3.63) is 35.0 Å². The number of rotatable bonds is 4. The second kappa shape index (κ2) is 9.56. The molecule has 0 aromatic carbocycles. The molecule has 4 nitrogen and oxygen atoms in total. The molecule has 1 aliphatic heterocycles. The first-order chi connectivity index (χ1) is 11.0. The SMILES string of the molecule is Cl.Cl.FC(F)(F)Cc1cnc(Nc2cccc(C3CCNCC3)n2)s1. The summed E-state index contributed by atoms with van der Waals surface area (Å²) in [5.41, 5.74) is 1.02. The summed E-state index contributed by atoms with van der Waals surface area (Å²) in [6, 6.07) is 5.71. The number of halogens is 5. The third-order valence-corrected chi connectivity index (χ3v) is 4.60. The molecule has 1 aliphatic rings. The Morgan fingerprint density at radius 2 is 1.92 bits per heavy atom. The third kappa shape index (κ3) is 6.62. The highest BCUT2D eigenvalue weighted by molar-refractivity contribution is 7.15. The van der Waals surface area contributed by atoms with Gasteiger partial charge in [0, 0.05) is 22.7 Å². The van der Waals surface area contributed by atoms with E-state index in [2.05, 4.69) is 20.6 Å². The number of hydrogen-bond donors (Lipinski definition) is 2. The predicted molar refractivity (Wildman–Crippen MR) is 98.7 cm³/mol. The van der Waals surface area contributed by atoms with Gasteiger partial charge in [0.05, 0.1) is 6.42 Å². The minimum atomic E-state index is -4.21. The van der Waals surface area contributed by atoms with Crippen LogP contribution < -0.4 is 10.6 Å². The molecule has 2 aromatic heterocycles. The van der Waals surface area contributed by atoms with Gasteiger partial charge in [0.2, 0.25) is 0 Å². The van der Waals surface area contributed by atoms with Gasteiger partial charge < -0.3 is 10.6 Å². The standard InChI is InChI=1S/C15H17F3N4S.2ClH/c16-15(17,18)8-11-9-20-14(23-11)22-13-3-1-2-12(21-13)10-4-6-19-7-5-10;;/h1-3,9-10,19H,4-8H2,(H,20,21,22);2*1H. The third-order valence-electron chi connectivity index (χ3n) is 3.69. The average molecular weight is 415 g/mol. The molecule has 1 saturated heterocycles. The van der Waals surface area contributed by atoms with E-state index in [4.69, 9.17) is 0 Å². The van der Waals surface area contributed by atoms with Crippen LogP contribution in [0.5, 0.6) is 0 Å². The van der Waals surface area contributed by atoms with E-state index in [1.807, 2.05) is 12.1 Å². The zero-order chi connectivity index (χ0) is 16.3. The van der Waals surface area contributed by atoms with Gasteiger partial charge >= 0.3 is 6.18 Å². The first kappa shape index (κ1) is 22.0. The van der Waals surface area contributed by atoms with Crippen LogP contribution in [0.1, 0.15) is 29.3 Å². The minimum absolute atomic E-state index is 0. The Balaban J connectivity index is 0.00000156. The van der Waals surface area contributed by atoms with Gasteiger partial charge in [-0.15, -0.1) is 36.2 Å². The summed E-state index contributed by atoms with van der Waals surface area (Å²) in [6.07, 6.45) is -1.81. The first-order valence-electron chi connectivity index (χ1n) is 7.46. The van der Waals surface area contributed by atoms with E-state index in [0.29, 0.717) is 16.9 Å². The largest absolute Gasteiger partial charge is 0.393 e. The summed E-state index contributed by atoms with van der Waals surface area (Å²) in [7, 11) is 0. The summed E-state index contributed by atoms with van der Waals surface area (Å²) in [5.74, 6) is 1.05. The first-order valence-corrected chi connectivity index (χ1v) is 8.27. The van der Waals surface area contributed by atoms with Crippen molar-refractivity contribution in [3.63, 3.8) is 0 Å². The number of nitrogens with zero attached hydrogens (tertiary/aromatic N) is 2. The molecule has 2 N–H and O–H groups in total. The lowest BCUT2D eigenvalue weighted by atomic mass is 9.94. The number of anilines is 2. The molecule has 10 heteroatoms. The molecule has 1 fully saturated rings. The molecule has 0 unspecified atom stereocenters. The lowest BCUT2D eigenvalue weighted by Crippen LogP contribution is -2.27. The maximum atomic E-state index is 12.4. The monoisotopic (exact) mass is 414 g/mol. The summed E-state index contributed by atoms with van der Waals surface area (Å²) >= 11 is 1.00. The van der Waals surface area contributed by atoms with Crippen LogP contribution in [-0.2, 0) is 6.42 Å². The van der Waals surface area contributed by atoms with Crippen molar-refractivity contribution in [1.82, 2.24) is 15.3 Å². The van der Waals surface area contributed by atoms with Crippen molar-refractivity contribution in [1.29, 1.82) is 0 Å². The lowest BCUT2D eigenvalue weighted by molar-refractivity contribution is -0.126. The summed E-state index contributed by atoms with van der Waals surface area (Å²) in [6.45, 7) is 1.97. The molecule has 3 heterocycles. The van der Waals surface area contributed by atoms with E-state index in [0.717, 1.165) is 43.0 Å². The van der Waals surface area contributed by atoms with Gasteiger partial charge in [-0.05, 0) is 38.1 Å². The number of hydrogen-bond acceptors (Lipinski definition) is 5. The number of thiazole rings is 1. The van der Waals surface area contributed by atoms with Crippen LogP contribution in [-0.4, -0.2) is 29.2 Å². The fourth-order valence-electron chi connectivity index (χ4n) is 2.62. The fraction of sp³-hybridized carbons (Fsp3) is 0.467. The smallest absolute Gasteiger partial charge is 0.317 e. The average Bonchev–Trinajstić information content (AvgIpc) is 2.93. The highest BCUT2D eigenvalue weighted by atomic mass is 35.5. The number of pyridine rings is 1. The molecular weight excluding hydrogens is 396 g/mol. The molecule has 0 spiro atoms. The van der Waals surface area contributed by atoms with Crippen molar-refractivity contribution < 1.29 is 13.2 Å². The lowest BCUT2D eigenvalue weighted by Gasteiger charge is -2.22. The quantitative estimate of drug-likeness (QED) is 0.761. The number of alkyl halides is 3. The Hall–Kier alpha value is -1.09. The van der Waals surface area contributed by atoms with Gasteiger partial charge in [0.15, 0.2) is 5.13 Å². The van der Waals surface area contributed by atoms with Gasteiger partial charge in [-0.25, -0.2) is 9.97 Å². The van der Waals surface area contributed by atoms with Crippen LogP contribution in [0, 0.1) is 0 Å². The van der Waals surface area contributed by atoms with E-state index in [-0.39, 0.29) is 29.7 Å². The van der Waals surface area contributed by atoms with Crippen LogP contribution in [0.3, 0.4) is 0 Å². The molecular formula is C15H19Cl2F3N4S. The van der Waals surface area contributed by atoms with Gasteiger partial charge in [0.1, 0.15) is 5.82 Å². The van der Waals surface area contributed by atoms with Crippen molar-refractivity contribution in [2.24, 2.45) is 0 Å². The molecule has 25 heavy (non-hydrogen) atoms. The van der Waals surface area contributed by atoms with Crippen LogP contribution in [0.2, 0.25) is 0 Å². The number of nitrogens with one attached hydrogen (secondary N) is 2. The van der Waals surface area contributed by atoms with Crippen molar-refractivity contribution >= 4 is 47.1 Å². The summed E-state index contributed by atoms with van der Waals surface area (Å²) in [4.78, 5) is 8.77. The predicted octanol–water partition coefficient (Wildman–Crippen LogP) is 4.70. The Bertz CT molecular complexity index is 660. The molecule has 3 rings (SSSR count). The maximum Gasteiger partial charge on any atom is 0.393 e. The van der Waals surface area contributed by atoms with Gasteiger partial charge in [0.25, 0.3) is 0 Å². The number of aromatic nitrogens is 2. The van der Waals surface area contributed by atoms with E-state index in [9.17, 15) is 13.2 Å². The van der Waals surface area contributed by atoms with Gasteiger partial charge in [-0.3, -0.25) is 0 Å². The molecule has 0 saturated carbocycles. The second-order valence-electron chi connectivity index (χ2n) is 5.52. The molecule has 0 atom stereocenters. The molecule has 0 aliphatic carbocycles. The Kier molecular flexibility index (Phi) is 8.40. The van der Waals surface area contributed by atoms with Crippen molar-refractivity contribution in [2.75, 3.05) is 18.4 Å². The number of piperidine rings is 1. The molecule has 2 aromatic rings. The second-order valence-corrected chi connectivity index (χ2v) is 6.64. The van der Waals surface area contributed by atoms with Crippen molar-refractivity contribution in [2.45, 2.75) is 31.4 Å². The molecule has 0 bridgehead atoms. The van der Waals surface area contributed by atoms with Crippen LogP contribution in [0.4, 0.5) is 24.1 Å². The zero-order valence-corrected chi connectivity index (χ0v) is 15.6. The highest BCUT2D eigenvalue weighted by Crippen LogP contribution is 2.29. The fourth-order valence-corrected chi connectivity index (χ4v) is 3.47. The normalized spacial score (nSPS) is 15.2. The van der Waals surface area contributed by atoms with Crippen LogP contribution >= 0.6 is 36.2 Å². The van der Waals surface area contributed by atoms with E-state index < -0.39 is 12.6 Å². The molecule has 0 amide bonds. The van der Waals surface area contributed by atoms with E-state index in [1.165, 1.54) is 6.20 Å². The Morgan fingerprint density at radius 1 is 1.20 bits per heavy atom. The van der Waals surface area contributed by atoms with Crippen LogP contribution in [0.25, 0.3) is 0 Å². The van der Waals surface area contributed by atoms with E-state index >= 15 is 0 Å². The van der Waals surface area contributed by atoms with E-state index in [1.54, 1.807) is 6.07 Å². The maximum absolute atomic E-state index is 12.4. The van der Waals surface area contributed by atoms with Crippen LogP contribution in [0.15, 0.2) is 24.4 Å². The zero-order valence-electron chi connectivity index (χ0n) is 13.2. The molecule has 0 radical (unpaired) electrons. The topological polar surface area (TPSA) is 49.8 Å². The Morgan fingerprint density at radius 3 is 2.60 bits per heavy atom. The van der Waals surface area contributed by atoms with Gasteiger partial charge in [-0.2, -0.15) is 13.2 Å². The highest BCUT2D eigenvalue weighted by Gasteiger charge is 2.28. The van der Waals surface area contributed by atoms with Crippen molar-refractivity contribution in [3.8, 4) is 0 Å². The summed E-state index contributed by atoms with van der Waals surface area (Å²) in [5, 5.41) is 6.75. The van der Waals surface area contributed by atoms with Gasteiger partial charge in [-0.1, -0.05) is 6.07 Å².